The van der Waals surface area contributed by atoms with Crippen LogP contribution >= 0.6 is 0 Å². The molecule has 1 saturated heterocycles. The van der Waals surface area contributed by atoms with Gasteiger partial charge in [-0.2, -0.15) is 0 Å². The van der Waals surface area contributed by atoms with Crippen molar-refractivity contribution in [2.24, 2.45) is 46.3 Å². The third-order valence-corrected chi connectivity index (χ3v) is 11.1. The molecule has 3 unspecified atom stereocenters. The molecule has 1 N–H and O–H groups in total. The molecule has 28 heavy (non-hydrogen) atoms. The second-order valence-electron chi connectivity index (χ2n) is 11.9. The van der Waals surface area contributed by atoms with Crippen molar-refractivity contribution in [2.45, 2.75) is 89.8 Å². The van der Waals surface area contributed by atoms with E-state index in [4.69, 9.17) is 4.74 Å². The van der Waals surface area contributed by atoms with E-state index in [2.05, 4.69) is 20.8 Å². The maximum Gasteiger partial charge on any atom is 0.306 e. The van der Waals surface area contributed by atoms with Crippen LogP contribution in [0.5, 0.6) is 0 Å². The molecule has 0 aromatic rings. The summed E-state index contributed by atoms with van der Waals surface area (Å²) in [7, 11) is 0. The molecule has 6 aliphatic rings. The van der Waals surface area contributed by atoms with Crippen LogP contribution < -0.4 is 0 Å². The number of carbonyl (C=O) groups excluding carboxylic acids is 2. The van der Waals surface area contributed by atoms with Gasteiger partial charge in [0.15, 0.2) is 0 Å². The fraction of sp³-hybridized carbons (Fsp3) is 0.917. The molecule has 154 valence electrons. The third kappa shape index (κ3) is 1.80. The second kappa shape index (κ2) is 5.04. The summed E-state index contributed by atoms with van der Waals surface area (Å²) in [5.41, 5.74) is -1.09. The molecule has 4 heteroatoms. The summed E-state index contributed by atoms with van der Waals surface area (Å²) >= 11 is 0. The highest BCUT2D eigenvalue weighted by atomic mass is 16.6. The van der Waals surface area contributed by atoms with E-state index in [1.807, 2.05) is 0 Å². The molecule has 1 heterocycles. The highest BCUT2D eigenvalue weighted by molar-refractivity contribution is 5.81. The predicted molar refractivity (Wildman–Crippen MR) is 103 cm³/mol. The molecule has 0 aromatic heterocycles. The number of rotatable bonds is 0. The molecular formula is C24H34O4. The maximum atomic E-state index is 12.3. The standard InChI is InChI=1S/C24H34O4/c1-13-11-23(9-6-18(26)28-23)22(3)8-5-16-19(20(13)22)15-10-17(15)24(27)12-14(25)4-7-21(16,24)2/h13,15-17,19-20,27H,4-12H2,1-3H3/t13-,15+,16?,17-,19?,20?,21-,22+,23+,24-/m1/s1. The zero-order valence-corrected chi connectivity index (χ0v) is 17.5. The van der Waals surface area contributed by atoms with Crippen LogP contribution in [0.4, 0.5) is 0 Å². The van der Waals surface area contributed by atoms with E-state index in [0.29, 0.717) is 54.8 Å². The summed E-state index contributed by atoms with van der Waals surface area (Å²) < 4.78 is 6.11. The Balaban J connectivity index is 1.42. The lowest BCUT2D eigenvalue weighted by Gasteiger charge is -2.63. The first-order chi connectivity index (χ1) is 13.2. The summed E-state index contributed by atoms with van der Waals surface area (Å²) in [6.45, 7) is 7.11. The van der Waals surface area contributed by atoms with Gasteiger partial charge in [0.2, 0.25) is 0 Å². The summed E-state index contributed by atoms with van der Waals surface area (Å²) in [6, 6.07) is 0. The Morgan fingerprint density at radius 3 is 2.54 bits per heavy atom. The van der Waals surface area contributed by atoms with Crippen molar-refractivity contribution < 1.29 is 19.4 Å². The van der Waals surface area contributed by atoms with Crippen LogP contribution in [0.3, 0.4) is 0 Å². The van der Waals surface area contributed by atoms with Gasteiger partial charge in [0.1, 0.15) is 11.4 Å². The van der Waals surface area contributed by atoms with Gasteiger partial charge in [-0.3, -0.25) is 9.59 Å². The van der Waals surface area contributed by atoms with Gasteiger partial charge < -0.3 is 9.84 Å². The molecule has 4 nitrogen and oxygen atoms in total. The monoisotopic (exact) mass is 386 g/mol. The Morgan fingerprint density at radius 2 is 1.82 bits per heavy atom. The van der Waals surface area contributed by atoms with Gasteiger partial charge in [0.25, 0.3) is 0 Å². The summed E-state index contributed by atoms with van der Waals surface area (Å²) in [5, 5.41) is 11.8. The highest BCUT2D eigenvalue weighted by Gasteiger charge is 2.77. The zero-order chi connectivity index (χ0) is 19.7. The first-order valence-electron chi connectivity index (χ1n) is 11.6. The molecule has 10 atom stereocenters. The van der Waals surface area contributed by atoms with Crippen molar-refractivity contribution in [1.29, 1.82) is 0 Å². The number of ketones is 1. The number of aliphatic hydroxyl groups is 1. The SMILES string of the molecule is C[C@@H]1C[C@@]2(CCC(=O)O2)[C@@]2(C)CCC3C(C12)[C@H]1C[C@H]1[C@]1(O)CC(=O)CC[C@]31C. The van der Waals surface area contributed by atoms with Crippen LogP contribution in [-0.4, -0.2) is 28.1 Å². The van der Waals surface area contributed by atoms with E-state index in [1.54, 1.807) is 0 Å². The Hall–Kier alpha value is -0.900. The van der Waals surface area contributed by atoms with Crippen molar-refractivity contribution in [3.8, 4) is 0 Å². The Labute approximate surface area is 167 Å². The average Bonchev–Trinajstić information content (AvgIpc) is 3.30. The summed E-state index contributed by atoms with van der Waals surface area (Å²) in [6.07, 6.45) is 7.65. The second-order valence-corrected chi connectivity index (χ2v) is 11.9. The summed E-state index contributed by atoms with van der Waals surface area (Å²) in [4.78, 5) is 24.4. The van der Waals surface area contributed by atoms with Crippen LogP contribution in [0.25, 0.3) is 0 Å². The number of hydrogen-bond donors (Lipinski definition) is 1. The van der Waals surface area contributed by atoms with E-state index >= 15 is 0 Å². The minimum Gasteiger partial charge on any atom is -0.458 e. The summed E-state index contributed by atoms with van der Waals surface area (Å²) in [5.74, 6) is 3.38. The largest absolute Gasteiger partial charge is 0.458 e. The highest BCUT2D eigenvalue weighted by Crippen LogP contribution is 2.78. The van der Waals surface area contributed by atoms with Gasteiger partial charge in [0, 0.05) is 30.1 Å². The van der Waals surface area contributed by atoms with Gasteiger partial charge in [-0.25, -0.2) is 0 Å². The first-order valence-corrected chi connectivity index (χ1v) is 11.6. The number of fused-ring (bicyclic) bond motifs is 9. The van der Waals surface area contributed by atoms with Crippen molar-refractivity contribution in [2.75, 3.05) is 0 Å². The minimum absolute atomic E-state index is 0.00345. The molecule has 1 aliphatic heterocycles. The van der Waals surface area contributed by atoms with Gasteiger partial charge in [-0.15, -0.1) is 0 Å². The van der Waals surface area contributed by atoms with Crippen molar-refractivity contribution in [3.05, 3.63) is 0 Å². The van der Waals surface area contributed by atoms with Crippen molar-refractivity contribution >= 4 is 11.8 Å². The Bertz CT molecular complexity index is 777. The van der Waals surface area contributed by atoms with Crippen LogP contribution in [0.1, 0.15) is 78.6 Å². The molecule has 0 aromatic carbocycles. The average molecular weight is 387 g/mol. The number of ether oxygens (including phenoxy) is 1. The van der Waals surface area contributed by atoms with E-state index in [-0.39, 0.29) is 28.2 Å². The molecular weight excluding hydrogens is 352 g/mol. The van der Waals surface area contributed by atoms with Crippen LogP contribution in [-0.2, 0) is 14.3 Å². The molecule has 6 fully saturated rings. The fourth-order valence-electron chi connectivity index (χ4n) is 9.84. The number of Topliss-reactive ketones (excluding diaryl/α,β-unsaturated/α-hetero) is 1. The van der Waals surface area contributed by atoms with Gasteiger partial charge in [0.05, 0.1) is 5.60 Å². The fourth-order valence-corrected chi connectivity index (χ4v) is 9.84. The molecule has 0 radical (unpaired) electrons. The van der Waals surface area contributed by atoms with E-state index < -0.39 is 5.60 Å². The number of esters is 1. The lowest BCUT2D eigenvalue weighted by molar-refractivity contribution is -0.220. The van der Waals surface area contributed by atoms with E-state index in [1.165, 1.54) is 0 Å². The van der Waals surface area contributed by atoms with E-state index in [0.717, 1.165) is 38.5 Å². The van der Waals surface area contributed by atoms with Crippen molar-refractivity contribution in [3.63, 3.8) is 0 Å². The number of carbonyl (C=O) groups is 2. The number of hydrogen-bond acceptors (Lipinski definition) is 4. The Morgan fingerprint density at radius 1 is 1.04 bits per heavy atom. The molecule has 1 spiro atoms. The van der Waals surface area contributed by atoms with E-state index in [9.17, 15) is 14.7 Å². The van der Waals surface area contributed by atoms with Crippen LogP contribution in [0, 0.1) is 46.3 Å². The Kier molecular flexibility index (Phi) is 3.23. The van der Waals surface area contributed by atoms with Gasteiger partial charge in [-0.05, 0) is 74.0 Å². The zero-order valence-electron chi connectivity index (χ0n) is 17.5. The first kappa shape index (κ1) is 17.9. The van der Waals surface area contributed by atoms with Gasteiger partial charge >= 0.3 is 5.97 Å². The lowest BCUT2D eigenvalue weighted by atomic mass is 9.42. The molecule has 6 rings (SSSR count). The van der Waals surface area contributed by atoms with Crippen LogP contribution in [0.15, 0.2) is 0 Å². The minimum atomic E-state index is -0.777. The smallest absolute Gasteiger partial charge is 0.306 e. The maximum absolute atomic E-state index is 12.3. The normalized spacial score (nSPS) is 62.0. The molecule has 0 bridgehead atoms. The predicted octanol–water partition coefficient (Wildman–Crippen LogP) is 3.89. The lowest BCUT2D eigenvalue weighted by Crippen LogP contribution is -2.64. The van der Waals surface area contributed by atoms with Gasteiger partial charge in [-0.1, -0.05) is 20.8 Å². The molecule has 0 amide bonds. The topological polar surface area (TPSA) is 63.6 Å². The van der Waals surface area contributed by atoms with Crippen LogP contribution in [0.2, 0.25) is 0 Å². The molecule has 5 aliphatic carbocycles. The van der Waals surface area contributed by atoms with Crippen molar-refractivity contribution in [1.82, 2.24) is 0 Å². The molecule has 5 saturated carbocycles. The quantitative estimate of drug-likeness (QED) is 0.642. The third-order valence-electron chi connectivity index (χ3n) is 11.1.